The first-order chi connectivity index (χ1) is 19.3. The van der Waals surface area contributed by atoms with Crippen molar-refractivity contribution in [3.8, 4) is 5.69 Å². The van der Waals surface area contributed by atoms with Crippen molar-refractivity contribution in [2.45, 2.75) is 32.4 Å². The molecule has 9 heteroatoms. The highest BCUT2D eigenvalue weighted by Crippen LogP contribution is 2.44. The molecule has 1 N–H and O–H groups in total. The predicted molar refractivity (Wildman–Crippen MR) is 165 cm³/mol. The molecule has 0 aliphatic carbocycles. The lowest BCUT2D eigenvalue weighted by atomic mass is 9.91. The molecule has 40 heavy (non-hydrogen) atoms. The zero-order valence-corrected chi connectivity index (χ0v) is 24.6. The van der Waals surface area contributed by atoms with Crippen molar-refractivity contribution in [1.29, 1.82) is 0 Å². The van der Waals surface area contributed by atoms with E-state index in [0.29, 0.717) is 22.0 Å². The number of halogens is 3. The summed E-state index contributed by atoms with van der Waals surface area (Å²) < 4.78 is 16.0. The van der Waals surface area contributed by atoms with Gasteiger partial charge in [0.15, 0.2) is 5.11 Å². The number of hydrogen-bond donors (Lipinski definition) is 1. The van der Waals surface area contributed by atoms with Crippen LogP contribution in [0.25, 0.3) is 5.69 Å². The molecule has 2 aliphatic rings. The fourth-order valence-electron chi connectivity index (χ4n) is 6.20. The number of thiocarbonyl (C=S) groups is 1. The molecule has 2 saturated heterocycles. The highest BCUT2D eigenvalue weighted by Gasteiger charge is 2.42. The Hall–Kier alpha value is -3.13. The maximum atomic E-state index is 14.0. The zero-order valence-electron chi connectivity index (χ0n) is 22.3. The summed E-state index contributed by atoms with van der Waals surface area (Å²) in [6.07, 6.45) is 4.96. The van der Waals surface area contributed by atoms with Gasteiger partial charge in [-0.3, -0.25) is 4.98 Å². The van der Waals surface area contributed by atoms with Crippen molar-refractivity contribution in [2.75, 3.05) is 22.9 Å². The van der Waals surface area contributed by atoms with Gasteiger partial charge < -0.3 is 19.7 Å². The van der Waals surface area contributed by atoms with E-state index >= 15 is 0 Å². The first kappa shape index (κ1) is 27.1. The van der Waals surface area contributed by atoms with Gasteiger partial charge in [0.1, 0.15) is 11.9 Å². The van der Waals surface area contributed by atoms with Crippen molar-refractivity contribution < 1.29 is 4.39 Å². The summed E-state index contributed by atoms with van der Waals surface area (Å²) in [7, 11) is 0. The minimum absolute atomic E-state index is 0.0686. The van der Waals surface area contributed by atoms with Crippen molar-refractivity contribution in [3.05, 3.63) is 106 Å². The Kier molecular flexibility index (Phi) is 7.46. The van der Waals surface area contributed by atoms with Gasteiger partial charge in [0.05, 0.1) is 27.5 Å². The molecule has 2 aromatic heterocycles. The molecular formula is C31H30Cl2FN5S. The van der Waals surface area contributed by atoms with Gasteiger partial charge in [-0.05, 0) is 91.1 Å². The van der Waals surface area contributed by atoms with E-state index in [4.69, 9.17) is 35.4 Å². The fourth-order valence-corrected chi connectivity index (χ4v) is 7.02. The Bertz CT molecular complexity index is 1530. The van der Waals surface area contributed by atoms with Gasteiger partial charge in [0.2, 0.25) is 0 Å². The molecule has 0 amide bonds. The summed E-state index contributed by atoms with van der Waals surface area (Å²) in [5, 5.41) is 4.85. The maximum absolute atomic E-state index is 14.0. The van der Waals surface area contributed by atoms with Gasteiger partial charge in [-0.1, -0.05) is 43.1 Å². The standard InChI is InChI=1S/C31H30Cl2FN5S/c1-19-14-20(2)18-37(17-19)27-11-9-22(16-24(27)33)39-30(29(36-31(39)40)26-6-3-4-12-35-26)28-7-5-13-38(28)21-8-10-25(34)23(32)15-21/h3-13,15-16,19-20,29-30H,14,17-18H2,1-2H3,(H,36,40). The second kappa shape index (κ2) is 11.0. The van der Waals surface area contributed by atoms with Crippen LogP contribution in [-0.2, 0) is 0 Å². The Morgan fingerprint density at radius 2 is 1.68 bits per heavy atom. The molecule has 2 aromatic carbocycles. The molecule has 0 spiro atoms. The molecule has 4 aromatic rings. The van der Waals surface area contributed by atoms with E-state index in [9.17, 15) is 4.39 Å². The monoisotopic (exact) mass is 593 g/mol. The first-order valence-corrected chi connectivity index (χ1v) is 14.6. The Morgan fingerprint density at radius 1 is 0.925 bits per heavy atom. The van der Waals surface area contributed by atoms with E-state index in [1.807, 2.05) is 47.2 Å². The SMILES string of the molecule is CC1CC(C)CN(c2ccc(N3C(=S)NC(c4ccccn4)C3c3cccn3-c3ccc(F)c(Cl)c3)cc2Cl)C1. The van der Waals surface area contributed by atoms with E-state index in [2.05, 4.69) is 46.1 Å². The molecule has 0 radical (unpaired) electrons. The molecule has 2 fully saturated rings. The van der Waals surface area contributed by atoms with Crippen molar-refractivity contribution in [2.24, 2.45) is 11.8 Å². The number of nitrogens with one attached hydrogen (secondary N) is 1. The molecule has 206 valence electrons. The van der Waals surface area contributed by atoms with Gasteiger partial charge >= 0.3 is 0 Å². The van der Waals surface area contributed by atoms with Gasteiger partial charge in [-0.25, -0.2) is 4.39 Å². The number of aromatic nitrogens is 2. The van der Waals surface area contributed by atoms with Crippen LogP contribution in [-0.4, -0.2) is 27.8 Å². The van der Waals surface area contributed by atoms with E-state index < -0.39 is 5.82 Å². The number of pyridine rings is 1. The average molecular weight is 595 g/mol. The third-order valence-electron chi connectivity index (χ3n) is 7.78. The summed E-state index contributed by atoms with van der Waals surface area (Å²) in [6.45, 7) is 6.58. The molecule has 0 bridgehead atoms. The molecule has 2 aliphatic heterocycles. The quantitative estimate of drug-likeness (QED) is 0.237. The number of piperidine rings is 1. The van der Waals surface area contributed by atoms with Gasteiger partial charge in [-0.2, -0.15) is 0 Å². The van der Waals surface area contributed by atoms with Crippen LogP contribution in [0.2, 0.25) is 10.0 Å². The topological polar surface area (TPSA) is 36.3 Å². The molecular weight excluding hydrogens is 564 g/mol. The molecule has 0 saturated carbocycles. The normalized spacial score (nSPS) is 23.0. The van der Waals surface area contributed by atoms with Crippen LogP contribution in [0.15, 0.2) is 79.1 Å². The fraction of sp³-hybridized carbons (Fsp3) is 0.290. The number of rotatable bonds is 5. The second-order valence-electron chi connectivity index (χ2n) is 10.9. The zero-order chi connectivity index (χ0) is 28.0. The minimum atomic E-state index is -0.456. The van der Waals surface area contributed by atoms with Crippen molar-refractivity contribution >= 4 is 51.9 Å². The van der Waals surface area contributed by atoms with Gasteiger partial charge in [-0.15, -0.1) is 0 Å². The summed E-state index contributed by atoms with van der Waals surface area (Å²) in [4.78, 5) is 9.15. The third-order valence-corrected chi connectivity index (χ3v) is 8.69. The molecule has 4 unspecified atom stereocenters. The smallest absolute Gasteiger partial charge is 0.174 e. The highest BCUT2D eigenvalue weighted by atomic mass is 35.5. The number of nitrogens with zero attached hydrogens (tertiary/aromatic N) is 4. The largest absolute Gasteiger partial charge is 0.370 e. The third kappa shape index (κ3) is 5.06. The van der Waals surface area contributed by atoms with Crippen LogP contribution in [0.4, 0.5) is 15.8 Å². The Labute approximate surface area is 249 Å². The lowest BCUT2D eigenvalue weighted by Crippen LogP contribution is -2.38. The first-order valence-electron chi connectivity index (χ1n) is 13.5. The van der Waals surface area contributed by atoms with E-state index in [1.165, 1.54) is 12.5 Å². The lowest BCUT2D eigenvalue weighted by Gasteiger charge is -2.37. The highest BCUT2D eigenvalue weighted by molar-refractivity contribution is 7.80. The maximum Gasteiger partial charge on any atom is 0.174 e. The van der Waals surface area contributed by atoms with Gasteiger partial charge in [0, 0.05) is 42.6 Å². The van der Waals surface area contributed by atoms with E-state index in [-0.39, 0.29) is 17.1 Å². The van der Waals surface area contributed by atoms with Crippen molar-refractivity contribution in [3.63, 3.8) is 0 Å². The summed E-state index contributed by atoms with van der Waals surface area (Å²) in [5.41, 5.74) is 4.50. The predicted octanol–water partition coefficient (Wildman–Crippen LogP) is 7.98. The Morgan fingerprint density at radius 3 is 2.38 bits per heavy atom. The lowest BCUT2D eigenvalue weighted by molar-refractivity contribution is 0.357. The van der Waals surface area contributed by atoms with Gasteiger partial charge in [0.25, 0.3) is 0 Å². The van der Waals surface area contributed by atoms with E-state index in [1.54, 1.807) is 18.3 Å². The summed E-state index contributed by atoms with van der Waals surface area (Å²) in [5.74, 6) is 0.778. The van der Waals surface area contributed by atoms with Crippen LogP contribution < -0.4 is 15.1 Å². The summed E-state index contributed by atoms with van der Waals surface area (Å²) in [6, 6.07) is 20.3. The van der Waals surface area contributed by atoms with Crippen LogP contribution in [0.3, 0.4) is 0 Å². The molecule has 4 atom stereocenters. The van der Waals surface area contributed by atoms with Crippen LogP contribution in [0.1, 0.15) is 43.7 Å². The van der Waals surface area contributed by atoms with Crippen LogP contribution in [0, 0.1) is 17.7 Å². The Balaban J connectivity index is 1.43. The number of benzene rings is 2. The molecule has 4 heterocycles. The number of hydrogen-bond acceptors (Lipinski definition) is 3. The molecule has 5 nitrogen and oxygen atoms in total. The number of anilines is 2. The van der Waals surface area contributed by atoms with E-state index in [0.717, 1.165) is 41.5 Å². The minimum Gasteiger partial charge on any atom is -0.370 e. The van der Waals surface area contributed by atoms with Crippen molar-refractivity contribution in [1.82, 2.24) is 14.9 Å². The molecule has 6 rings (SSSR count). The second-order valence-corrected chi connectivity index (χ2v) is 12.1. The van der Waals surface area contributed by atoms with Crippen LogP contribution >= 0.6 is 35.4 Å². The summed E-state index contributed by atoms with van der Waals surface area (Å²) >= 11 is 19.1. The average Bonchev–Trinajstić information content (AvgIpc) is 3.54. The van der Waals surface area contributed by atoms with Crippen LogP contribution in [0.5, 0.6) is 0 Å².